The summed E-state index contributed by atoms with van der Waals surface area (Å²) >= 11 is 0. The number of unbranched alkanes of at least 4 members (excludes halogenated alkanes) is 2. The summed E-state index contributed by atoms with van der Waals surface area (Å²) in [5.41, 5.74) is 40.5. The summed E-state index contributed by atoms with van der Waals surface area (Å²) in [6, 6.07) is -3.97. The first kappa shape index (κ1) is 95.3. The number of aromatic hydroxyl groups is 1. The second kappa shape index (κ2) is 50.0. The fraction of sp³-hybridized carbons (Fsp3) is 0.611. The molecule has 0 aromatic heterocycles. The number of guanidine groups is 2. The smallest absolute Gasteiger partial charge is 0.325 e. The maximum absolute atomic E-state index is 14.7. The summed E-state index contributed by atoms with van der Waals surface area (Å²) in [6.45, 7) is 15.6. The number of rotatable bonds is 51. The Hall–Kier alpha value is -10.8. The van der Waals surface area contributed by atoms with Crippen molar-refractivity contribution in [2.45, 2.75) is 244 Å². The fourth-order valence-corrected chi connectivity index (χ4v) is 10.8. The van der Waals surface area contributed by atoms with Gasteiger partial charge in [0.1, 0.15) is 84.3 Å². The first-order valence-corrected chi connectivity index (χ1v) is 37.0. The highest BCUT2D eigenvalue weighted by molar-refractivity contribution is 6.00. The highest BCUT2D eigenvalue weighted by atomic mass is 16.4. The van der Waals surface area contributed by atoms with Crippen molar-refractivity contribution in [3.05, 3.63) is 65.7 Å². The number of phenols is 1. The van der Waals surface area contributed by atoms with Crippen molar-refractivity contribution in [3.63, 3.8) is 0 Å². The van der Waals surface area contributed by atoms with Gasteiger partial charge >= 0.3 is 5.97 Å². The van der Waals surface area contributed by atoms with Gasteiger partial charge in [0, 0.05) is 25.9 Å². The van der Waals surface area contributed by atoms with Crippen LogP contribution >= 0.6 is 0 Å². The Morgan fingerprint density at radius 1 is 0.336 bits per heavy atom. The van der Waals surface area contributed by atoms with E-state index in [2.05, 4.69) is 79.1 Å². The number of nitrogens with one attached hydrogen (secondary N) is 13. The molecule has 2 rings (SSSR count). The minimum Gasteiger partial charge on any atom is -0.508 e. The van der Waals surface area contributed by atoms with Crippen LogP contribution in [-0.2, 0) is 80.0 Å². The molecular weight excluding hydrogens is 1430 g/mol. The number of amides is 13. The number of benzene rings is 2. The molecule has 0 fully saturated rings. The predicted molar refractivity (Wildman–Crippen MR) is 411 cm³/mol. The van der Waals surface area contributed by atoms with Crippen molar-refractivity contribution in [3.8, 4) is 5.75 Å². The molecule has 0 bridgehead atoms. The van der Waals surface area contributed by atoms with E-state index in [-0.39, 0.29) is 120 Å². The molecule has 0 heterocycles. The molecule has 2 aromatic rings. The summed E-state index contributed by atoms with van der Waals surface area (Å²) in [7, 11) is 0. The van der Waals surface area contributed by atoms with E-state index >= 15 is 0 Å². The predicted octanol–water partition coefficient (Wildman–Crippen LogP) is -4.53. The Morgan fingerprint density at radius 3 is 0.973 bits per heavy atom. The first-order chi connectivity index (χ1) is 51.8. The van der Waals surface area contributed by atoms with Crippen molar-refractivity contribution < 1.29 is 77.3 Å². The zero-order valence-electron chi connectivity index (χ0n) is 64.7. The van der Waals surface area contributed by atoms with E-state index < -0.39 is 167 Å². The zero-order chi connectivity index (χ0) is 82.9. The van der Waals surface area contributed by atoms with E-state index in [1.54, 1.807) is 58.0 Å². The molecule has 614 valence electrons. The van der Waals surface area contributed by atoms with Crippen molar-refractivity contribution >= 4 is 94.7 Å². The molecule has 0 aliphatic carbocycles. The monoisotopic (exact) mass is 1550 g/mol. The average Bonchev–Trinajstić information content (AvgIpc) is 0.851. The molecule has 0 aliphatic heterocycles. The van der Waals surface area contributed by atoms with Crippen molar-refractivity contribution in [1.29, 1.82) is 0 Å². The largest absolute Gasteiger partial charge is 0.508 e. The second-order valence-electron chi connectivity index (χ2n) is 28.1. The number of carbonyl (C=O) groups excluding carboxylic acids is 13. The Balaban J connectivity index is 2.44. The molecule has 2 aromatic carbocycles. The summed E-state index contributed by atoms with van der Waals surface area (Å²) in [4.78, 5) is 201. The molecule has 0 unspecified atom stereocenters. The third kappa shape index (κ3) is 37.4. The quantitative estimate of drug-likeness (QED) is 0.0169. The number of carboxylic acid groups (broad SMARTS) is 1. The third-order valence-corrected chi connectivity index (χ3v) is 17.1. The van der Waals surface area contributed by atoms with Crippen LogP contribution < -0.4 is 109 Å². The third-order valence-electron chi connectivity index (χ3n) is 17.1. The number of aliphatic carboxylic acids is 1. The van der Waals surface area contributed by atoms with Crippen LogP contribution in [0.5, 0.6) is 5.75 Å². The molecule has 38 nitrogen and oxygen atoms in total. The minimum atomic E-state index is -1.52. The van der Waals surface area contributed by atoms with E-state index in [0.717, 1.165) is 0 Å². The summed E-state index contributed by atoms with van der Waals surface area (Å²) in [5, 5.41) is 53.4. The molecule has 14 atom stereocenters. The Kier molecular flexibility index (Phi) is 43.4. The normalized spacial score (nSPS) is 14.9. The zero-order valence-corrected chi connectivity index (χ0v) is 64.7. The highest BCUT2D eigenvalue weighted by Gasteiger charge is 2.37. The van der Waals surface area contributed by atoms with Gasteiger partial charge in [0.15, 0.2) is 11.9 Å². The lowest BCUT2D eigenvalue weighted by molar-refractivity contribution is -0.142. The minimum absolute atomic E-state index is 0.000765. The number of hydrogen-bond acceptors (Lipinski definition) is 20. The van der Waals surface area contributed by atoms with Gasteiger partial charge in [0.2, 0.25) is 76.8 Å². The van der Waals surface area contributed by atoms with E-state index in [4.69, 9.17) is 40.1 Å². The Morgan fingerprint density at radius 2 is 0.609 bits per heavy atom. The van der Waals surface area contributed by atoms with Crippen LogP contribution in [0.15, 0.2) is 64.6 Å². The van der Waals surface area contributed by atoms with Crippen LogP contribution in [0.3, 0.4) is 0 Å². The molecular formula is C72H120N22O16. The lowest BCUT2D eigenvalue weighted by atomic mass is 9.99. The molecule has 110 heavy (non-hydrogen) atoms. The summed E-state index contributed by atoms with van der Waals surface area (Å²) < 4.78 is 0. The molecule has 0 aliphatic rings. The van der Waals surface area contributed by atoms with Crippen LogP contribution in [0.25, 0.3) is 0 Å². The van der Waals surface area contributed by atoms with Crippen LogP contribution in [-0.4, -0.2) is 216 Å². The number of carboxylic acids is 1. The number of aliphatic imine (C=N–C) groups is 2. The van der Waals surface area contributed by atoms with E-state index in [1.165, 1.54) is 65.8 Å². The Bertz CT molecular complexity index is 3410. The van der Waals surface area contributed by atoms with E-state index in [0.29, 0.717) is 36.8 Å². The maximum Gasteiger partial charge on any atom is 0.325 e. The molecule has 0 saturated carbocycles. The molecule has 38 heteroatoms. The van der Waals surface area contributed by atoms with E-state index in [9.17, 15) is 77.3 Å². The lowest BCUT2D eigenvalue weighted by Gasteiger charge is -2.28. The van der Waals surface area contributed by atoms with Crippen molar-refractivity contribution in [2.24, 2.45) is 62.0 Å². The van der Waals surface area contributed by atoms with Gasteiger partial charge in [0.05, 0.1) is 6.04 Å². The standard InChI is InChI=1S/C72H120N22O16/c1-38(2)34-53(92-64(103)50(23-15-17-31-74)87-60(99)44(9)85-67(106)55(36-46-20-12-11-13-21-46)91-61(100)42(7)82-57(96)40(5)75)66(105)84-41(6)58(97)83-43(8)59(98)88-51(24-18-32-80-71(76)77)65(104)93-54(35-39(3)4)68(107)94-56(37-47-26-28-48(95)29-27-47)69(108)90-52(25-19-33-81-72(78)79)63(102)89-49(22-14-16-30-73)62(101)86-45(10)70(109)110/h11-13,20-21,26-29,38-45,49-56,95H,14-19,22-25,30-37,73-75H2,1-10H3,(H,82,96)(H,83,97)(H,84,105)(H,85,106)(H,86,101)(H,87,99)(H,88,98)(H,89,102)(H,90,108)(H,91,100)(H,92,103)(H,93,104)(H,94,107)(H,109,110)(H4,76,77,80)(H4,78,79,81)/t40-,41-,42-,43-,44-,45-,49-,50-,51-,52-,53-,54-,55-,56-/m0/s1. The van der Waals surface area contributed by atoms with E-state index in [1.807, 2.05) is 0 Å². The SMILES string of the molecule is CC(C)C[C@H](NC(=O)[C@H](CCCCN)NC(=O)[C@H](C)NC(=O)[C@H](Cc1ccccc1)NC(=O)[C@H](C)NC(=O)[C@H](C)N)C(=O)N[C@@H](C)C(=O)N[C@@H](C)C(=O)N[C@@H](CCCN=C(N)N)C(=O)N[C@@H](CC(C)C)C(=O)N[C@@H](Cc1ccc(O)cc1)C(=O)N[C@@H](CCCN=C(N)N)C(=O)N[C@@H](CCCCN)C(=O)N[C@@H](C)C(=O)O. The fourth-order valence-electron chi connectivity index (χ4n) is 10.8. The van der Waals surface area contributed by atoms with Gasteiger partial charge in [-0.05, 0) is 167 Å². The Labute approximate surface area is 642 Å². The highest BCUT2D eigenvalue weighted by Crippen LogP contribution is 2.16. The van der Waals surface area contributed by atoms with Crippen molar-refractivity contribution in [2.75, 3.05) is 26.2 Å². The maximum atomic E-state index is 14.7. The van der Waals surface area contributed by atoms with Gasteiger partial charge < -0.3 is 119 Å². The van der Waals surface area contributed by atoms with Crippen LogP contribution in [0.1, 0.15) is 157 Å². The molecule has 29 N–H and O–H groups in total. The number of hydrogen-bond donors (Lipinski definition) is 22. The number of phenolic OH excluding ortho intramolecular Hbond substituents is 1. The van der Waals surface area contributed by atoms with Crippen LogP contribution in [0.2, 0.25) is 0 Å². The van der Waals surface area contributed by atoms with Crippen LogP contribution in [0.4, 0.5) is 0 Å². The van der Waals surface area contributed by atoms with Crippen molar-refractivity contribution in [1.82, 2.24) is 69.1 Å². The van der Waals surface area contributed by atoms with Gasteiger partial charge in [-0.15, -0.1) is 0 Å². The number of carbonyl (C=O) groups is 14. The van der Waals surface area contributed by atoms with Gasteiger partial charge in [-0.1, -0.05) is 70.2 Å². The van der Waals surface area contributed by atoms with Crippen LogP contribution in [0, 0.1) is 11.8 Å². The first-order valence-electron chi connectivity index (χ1n) is 37.0. The van der Waals surface area contributed by atoms with Gasteiger partial charge in [-0.3, -0.25) is 77.1 Å². The van der Waals surface area contributed by atoms with Gasteiger partial charge in [-0.2, -0.15) is 0 Å². The lowest BCUT2D eigenvalue weighted by Crippen LogP contribution is -2.60. The molecule has 0 spiro atoms. The topological polar surface area (TPSA) is 643 Å². The number of nitrogens with two attached hydrogens (primary N) is 7. The molecule has 13 amide bonds. The van der Waals surface area contributed by atoms with Gasteiger partial charge in [0.25, 0.3) is 0 Å². The average molecular weight is 1550 g/mol. The second-order valence-corrected chi connectivity index (χ2v) is 28.1. The summed E-state index contributed by atoms with van der Waals surface area (Å²) in [5.74, 6) is -13.2. The van der Waals surface area contributed by atoms with Gasteiger partial charge in [-0.25, -0.2) is 0 Å². The molecule has 0 radical (unpaired) electrons. The molecule has 0 saturated heterocycles. The number of nitrogens with zero attached hydrogens (tertiary/aromatic N) is 2. The summed E-state index contributed by atoms with van der Waals surface area (Å²) in [6.07, 6.45) is 1.31.